The zero-order chi connectivity index (χ0) is 21.1. The van der Waals surface area contributed by atoms with Gasteiger partial charge in [-0.05, 0) is 56.3 Å². The molecule has 0 aliphatic carbocycles. The van der Waals surface area contributed by atoms with E-state index in [0.717, 1.165) is 22.6 Å². The third-order valence-corrected chi connectivity index (χ3v) is 4.86. The highest BCUT2D eigenvalue weighted by Gasteiger charge is 2.17. The summed E-state index contributed by atoms with van der Waals surface area (Å²) >= 11 is 5.95. The van der Waals surface area contributed by atoms with Gasteiger partial charge < -0.3 is 15.8 Å². The highest BCUT2D eigenvalue weighted by molar-refractivity contribution is 6.30. The SMILES string of the molecule is COc1ccc(C(N)=O)cc1NC(=O)Cc1c(C)nn(-c2ccc(Cl)cc2)c1C. The normalized spacial score (nSPS) is 10.6. The molecule has 8 heteroatoms. The first-order chi connectivity index (χ1) is 13.8. The Labute approximate surface area is 173 Å². The van der Waals surface area contributed by atoms with Crippen LogP contribution in [0.3, 0.4) is 0 Å². The van der Waals surface area contributed by atoms with Crippen LogP contribution in [0.5, 0.6) is 5.75 Å². The van der Waals surface area contributed by atoms with Crippen LogP contribution in [0, 0.1) is 13.8 Å². The quantitative estimate of drug-likeness (QED) is 0.647. The van der Waals surface area contributed by atoms with E-state index in [1.54, 1.807) is 28.9 Å². The zero-order valence-electron chi connectivity index (χ0n) is 16.3. The number of amides is 2. The van der Waals surface area contributed by atoms with E-state index >= 15 is 0 Å². The number of benzene rings is 2. The van der Waals surface area contributed by atoms with Crippen LogP contribution in [-0.2, 0) is 11.2 Å². The number of carbonyl (C=O) groups is 2. The van der Waals surface area contributed by atoms with E-state index in [0.29, 0.717) is 16.5 Å². The van der Waals surface area contributed by atoms with Crippen molar-refractivity contribution in [2.45, 2.75) is 20.3 Å². The van der Waals surface area contributed by atoms with Crippen LogP contribution in [0.1, 0.15) is 27.3 Å². The molecule has 2 amide bonds. The van der Waals surface area contributed by atoms with E-state index in [-0.39, 0.29) is 17.9 Å². The average Bonchev–Trinajstić information content (AvgIpc) is 2.96. The Hall–Kier alpha value is -3.32. The summed E-state index contributed by atoms with van der Waals surface area (Å²) in [5.74, 6) is -0.403. The van der Waals surface area contributed by atoms with E-state index in [4.69, 9.17) is 22.1 Å². The van der Waals surface area contributed by atoms with Crippen molar-refractivity contribution in [3.8, 4) is 11.4 Å². The van der Waals surface area contributed by atoms with Crippen LogP contribution in [0.2, 0.25) is 5.02 Å². The van der Waals surface area contributed by atoms with Gasteiger partial charge in [-0.1, -0.05) is 11.6 Å². The number of anilines is 1. The Kier molecular flexibility index (Phi) is 5.89. The molecule has 3 rings (SSSR count). The standard InChI is InChI=1S/C21H21ClN4O3/c1-12-17(13(2)26(25-12)16-7-5-15(22)6-8-16)11-20(27)24-18-10-14(21(23)28)4-9-19(18)29-3/h4-10H,11H2,1-3H3,(H2,23,28)(H,24,27). The monoisotopic (exact) mass is 412 g/mol. The number of nitrogens with one attached hydrogen (secondary N) is 1. The molecule has 29 heavy (non-hydrogen) atoms. The number of hydrogen-bond acceptors (Lipinski definition) is 4. The Morgan fingerprint density at radius 3 is 2.48 bits per heavy atom. The Bertz CT molecular complexity index is 1070. The third kappa shape index (κ3) is 4.41. The smallest absolute Gasteiger partial charge is 0.248 e. The molecule has 0 aliphatic heterocycles. The van der Waals surface area contributed by atoms with Gasteiger partial charge in [0.1, 0.15) is 5.75 Å². The number of hydrogen-bond donors (Lipinski definition) is 2. The summed E-state index contributed by atoms with van der Waals surface area (Å²) in [6.45, 7) is 3.77. The number of carbonyl (C=O) groups excluding carboxylic acids is 2. The topological polar surface area (TPSA) is 99.2 Å². The first-order valence-electron chi connectivity index (χ1n) is 8.89. The van der Waals surface area contributed by atoms with Gasteiger partial charge in [0.15, 0.2) is 0 Å². The zero-order valence-corrected chi connectivity index (χ0v) is 17.1. The van der Waals surface area contributed by atoms with Crippen molar-refractivity contribution < 1.29 is 14.3 Å². The molecule has 1 aromatic heterocycles. The molecule has 0 saturated heterocycles. The minimum absolute atomic E-state index is 0.120. The van der Waals surface area contributed by atoms with Crippen molar-refractivity contribution in [1.82, 2.24) is 9.78 Å². The lowest BCUT2D eigenvalue weighted by Gasteiger charge is -2.11. The molecule has 0 fully saturated rings. The van der Waals surface area contributed by atoms with Gasteiger partial charge in [-0.3, -0.25) is 9.59 Å². The second-order valence-corrected chi connectivity index (χ2v) is 6.98. The van der Waals surface area contributed by atoms with E-state index in [1.807, 2.05) is 26.0 Å². The van der Waals surface area contributed by atoms with Gasteiger partial charge in [0.2, 0.25) is 11.8 Å². The Morgan fingerprint density at radius 1 is 1.17 bits per heavy atom. The maximum absolute atomic E-state index is 12.7. The lowest BCUT2D eigenvalue weighted by atomic mass is 10.1. The van der Waals surface area contributed by atoms with Gasteiger partial charge in [-0.2, -0.15) is 5.10 Å². The molecular formula is C21H21ClN4O3. The molecule has 150 valence electrons. The highest BCUT2D eigenvalue weighted by atomic mass is 35.5. The molecular weight excluding hydrogens is 392 g/mol. The van der Waals surface area contributed by atoms with Gasteiger partial charge in [-0.25, -0.2) is 4.68 Å². The molecule has 0 spiro atoms. The first-order valence-corrected chi connectivity index (χ1v) is 9.26. The molecule has 3 aromatic rings. The van der Waals surface area contributed by atoms with Crippen molar-refractivity contribution in [2.75, 3.05) is 12.4 Å². The van der Waals surface area contributed by atoms with Gasteiger partial charge >= 0.3 is 0 Å². The number of methoxy groups -OCH3 is 1. The molecule has 2 aromatic carbocycles. The van der Waals surface area contributed by atoms with Crippen molar-refractivity contribution in [2.24, 2.45) is 5.73 Å². The minimum Gasteiger partial charge on any atom is -0.495 e. The molecule has 7 nitrogen and oxygen atoms in total. The lowest BCUT2D eigenvalue weighted by molar-refractivity contribution is -0.115. The number of aromatic nitrogens is 2. The molecule has 0 aliphatic rings. The van der Waals surface area contributed by atoms with Crippen LogP contribution >= 0.6 is 11.6 Å². The number of nitrogens with two attached hydrogens (primary N) is 1. The van der Waals surface area contributed by atoms with Crippen molar-refractivity contribution >= 4 is 29.1 Å². The van der Waals surface area contributed by atoms with Crippen LogP contribution in [0.15, 0.2) is 42.5 Å². The predicted octanol–water partition coefficient (Wildman–Crippen LogP) is 3.43. The molecule has 1 heterocycles. The fourth-order valence-electron chi connectivity index (χ4n) is 3.08. The molecule has 3 N–H and O–H groups in total. The summed E-state index contributed by atoms with van der Waals surface area (Å²) in [6.07, 6.45) is 0.120. The molecule has 0 saturated carbocycles. The summed E-state index contributed by atoms with van der Waals surface area (Å²) in [4.78, 5) is 24.1. The molecule has 0 atom stereocenters. The van der Waals surface area contributed by atoms with Gasteiger partial charge in [-0.15, -0.1) is 0 Å². The second-order valence-electron chi connectivity index (χ2n) is 6.54. The van der Waals surface area contributed by atoms with Crippen LogP contribution in [0.25, 0.3) is 5.69 Å². The Morgan fingerprint density at radius 2 is 1.86 bits per heavy atom. The van der Waals surface area contributed by atoms with E-state index in [9.17, 15) is 9.59 Å². The van der Waals surface area contributed by atoms with Gasteiger partial charge in [0, 0.05) is 21.8 Å². The minimum atomic E-state index is -0.584. The maximum Gasteiger partial charge on any atom is 0.248 e. The number of nitrogens with zero attached hydrogens (tertiary/aromatic N) is 2. The molecule has 0 unspecified atom stereocenters. The number of halogens is 1. The lowest BCUT2D eigenvalue weighted by Crippen LogP contribution is -2.17. The van der Waals surface area contributed by atoms with Crippen molar-refractivity contribution in [3.63, 3.8) is 0 Å². The molecule has 0 radical (unpaired) electrons. The number of ether oxygens (including phenoxy) is 1. The van der Waals surface area contributed by atoms with Gasteiger partial charge in [0.05, 0.1) is 30.6 Å². The fraction of sp³-hybridized carbons (Fsp3) is 0.190. The molecule has 0 bridgehead atoms. The summed E-state index contributed by atoms with van der Waals surface area (Å²) in [5, 5.41) is 7.98. The number of primary amides is 1. The predicted molar refractivity (Wildman–Crippen MR) is 112 cm³/mol. The van der Waals surface area contributed by atoms with Crippen molar-refractivity contribution in [1.29, 1.82) is 0 Å². The fourth-order valence-corrected chi connectivity index (χ4v) is 3.20. The second kappa shape index (κ2) is 8.36. The van der Waals surface area contributed by atoms with Crippen LogP contribution in [-0.4, -0.2) is 28.7 Å². The Balaban J connectivity index is 1.84. The summed E-state index contributed by atoms with van der Waals surface area (Å²) in [6, 6.07) is 11.9. The number of aryl methyl sites for hydroxylation is 1. The summed E-state index contributed by atoms with van der Waals surface area (Å²) < 4.78 is 7.04. The van der Waals surface area contributed by atoms with E-state index in [2.05, 4.69) is 10.4 Å². The van der Waals surface area contributed by atoms with E-state index in [1.165, 1.54) is 13.2 Å². The van der Waals surface area contributed by atoms with Gasteiger partial charge in [0.25, 0.3) is 0 Å². The third-order valence-electron chi connectivity index (χ3n) is 4.61. The van der Waals surface area contributed by atoms with E-state index < -0.39 is 5.91 Å². The average molecular weight is 413 g/mol. The van der Waals surface area contributed by atoms with Crippen LogP contribution < -0.4 is 15.8 Å². The first kappa shape index (κ1) is 20.4. The number of rotatable bonds is 6. The maximum atomic E-state index is 12.7. The summed E-state index contributed by atoms with van der Waals surface area (Å²) in [7, 11) is 1.49. The van der Waals surface area contributed by atoms with Crippen molar-refractivity contribution in [3.05, 3.63) is 70.0 Å². The van der Waals surface area contributed by atoms with Crippen LogP contribution in [0.4, 0.5) is 5.69 Å². The highest BCUT2D eigenvalue weighted by Crippen LogP contribution is 2.26. The summed E-state index contributed by atoms with van der Waals surface area (Å²) in [5.41, 5.74) is 9.28. The largest absolute Gasteiger partial charge is 0.495 e.